The SMILES string of the molecule is CN(C)C(=O)[C@@H]1C[C@H](S)CN1P. The van der Waals surface area contributed by atoms with Gasteiger partial charge in [-0.15, -0.1) is 0 Å². The smallest absolute Gasteiger partial charge is 0.239 e. The Labute approximate surface area is 81.1 Å². The molecule has 1 fully saturated rings. The molecule has 0 aromatic heterocycles. The second-order valence-electron chi connectivity index (χ2n) is 3.33. The van der Waals surface area contributed by atoms with Crippen molar-refractivity contribution in [3.63, 3.8) is 0 Å². The molecule has 0 saturated carbocycles. The van der Waals surface area contributed by atoms with Crippen LogP contribution >= 0.6 is 22.0 Å². The minimum atomic E-state index is 0.00694. The van der Waals surface area contributed by atoms with Crippen molar-refractivity contribution in [1.29, 1.82) is 0 Å². The molecular weight excluding hydrogens is 191 g/mol. The second-order valence-corrected chi connectivity index (χ2v) is 4.73. The predicted octanol–water partition coefficient (Wildman–Crippen LogP) is 0.237. The molecule has 70 valence electrons. The van der Waals surface area contributed by atoms with Gasteiger partial charge in [0, 0.05) is 25.9 Å². The van der Waals surface area contributed by atoms with Gasteiger partial charge in [0.15, 0.2) is 0 Å². The molecule has 3 nitrogen and oxygen atoms in total. The van der Waals surface area contributed by atoms with E-state index < -0.39 is 0 Å². The molecule has 0 bridgehead atoms. The first-order chi connectivity index (χ1) is 5.52. The van der Waals surface area contributed by atoms with Gasteiger partial charge in [0.25, 0.3) is 0 Å². The van der Waals surface area contributed by atoms with E-state index in [9.17, 15) is 4.79 Å². The van der Waals surface area contributed by atoms with Gasteiger partial charge in [0.05, 0.1) is 6.04 Å². The monoisotopic (exact) mass is 206 g/mol. The van der Waals surface area contributed by atoms with Gasteiger partial charge in [-0.05, 0) is 6.42 Å². The summed E-state index contributed by atoms with van der Waals surface area (Å²) in [5, 5.41) is 0.330. The van der Waals surface area contributed by atoms with Crippen LogP contribution in [-0.2, 0) is 4.79 Å². The van der Waals surface area contributed by atoms with E-state index >= 15 is 0 Å². The Bertz CT molecular complexity index is 188. The molecule has 0 aromatic rings. The fourth-order valence-corrected chi connectivity index (χ4v) is 2.45. The van der Waals surface area contributed by atoms with Crippen LogP contribution in [0.1, 0.15) is 6.42 Å². The zero-order chi connectivity index (χ0) is 9.30. The number of hydrogen-bond donors (Lipinski definition) is 1. The Morgan fingerprint density at radius 2 is 2.25 bits per heavy atom. The third kappa shape index (κ3) is 2.12. The van der Waals surface area contributed by atoms with E-state index in [0.717, 1.165) is 13.0 Å². The summed E-state index contributed by atoms with van der Waals surface area (Å²) in [6.45, 7) is 0.873. The lowest BCUT2D eigenvalue weighted by molar-refractivity contribution is -0.131. The normalized spacial score (nSPS) is 30.7. The molecular formula is C7H15N2OPS. The van der Waals surface area contributed by atoms with E-state index in [4.69, 9.17) is 0 Å². The van der Waals surface area contributed by atoms with Crippen LogP contribution in [-0.4, -0.2) is 47.4 Å². The van der Waals surface area contributed by atoms with E-state index in [1.54, 1.807) is 19.0 Å². The first kappa shape index (κ1) is 10.3. The lowest BCUT2D eigenvalue weighted by atomic mass is 10.2. The molecule has 1 heterocycles. The van der Waals surface area contributed by atoms with Crippen molar-refractivity contribution < 1.29 is 4.79 Å². The van der Waals surface area contributed by atoms with Gasteiger partial charge in [-0.1, -0.05) is 9.39 Å². The molecule has 1 amide bonds. The van der Waals surface area contributed by atoms with Crippen LogP contribution in [0.25, 0.3) is 0 Å². The van der Waals surface area contributed by atoms with Crippen LogP contribution in [0, 0.1) is 0 Å². The van der Waals surface area contributed by atoms with Crippen LogP contribution in [0.4, 0.5) is 0 Å². The zero-order valence-corrected chi connectivity index (χ0v) is 9.45. The van der Waals surface area contributed by atoms with E-state index in [1.807, 2.05) is 4.67 Å². The average Bonchev–Trinajstić information content (AvgIpc) is 2.28. The molecule has 1 saturated heterocycles. The maximum Gasteiger partial charge on any atom is 0.239 e. The lowest BCUT2D eigenvalue weighted by Gasteiger charge is -2.21. The number of rotatable bonds is 1. The van der Waals surface area contributed by atoms with Crippen molar-refractivity contribution in [1.82, 2.24) is 9.57 Å². The van der Waals surface area contributed by atoms with Gasteiger partial charge in [0.2, 0.25) is 5.91 Å². The van der Waals surface area contributed by atoms with E-state index in [1.165, 1.54) is 0 Å². The molecule has 3 atom stereocenters. The number of hydrogen-bond acceptors (Lipinski definition) is 3. The minimum absolute atomic E-state index is 0.00694. The second kappa shape index (κ2) is 3.95. The molecule has 12 heavy (non-hydrogen) atoms. The molecule has 1 aliphatic heterocycles. The highest BCUT2D eigenvalue weighted by Crippen LogP contribution is 2.25. The highest BCUT2D eigenvalue weighted by Gasteiger charge is 2.33. The number of carbonyl (C=O) groups is 1. The van der Waals surface area contributed by atoms with Crippen LogP contribution in [0.15, 0.2) is 0 Å². The number of nitrogens with zero attached hydrogens (tertiary/aromatic N) is 2. The topological polar surface area (TPSA) is 23.6 Å². The van der Waals surface area contributed by atoms with Crippen molar-refractivity contribution in [2.75, 3.05) is 20.6 Å². The molecule has 1 rings (SSSR count). The maximum atomic E-state index is 11.5. The Balaban J connectivity index is 2.58. The standard InChI is InChI=1S/C7H15N2OPS/c1-8(2)7(10)6-3-5(12)4-9(6)11/h5-6,12H,3-4,11H2,1-2H3/t5-,6-/m0/s1. The van der Waals surface area contributed by atoms with Crippen molar-refractivity contribution in [3.8, 4) is 0 Å². The number of thiol groups is 1. The highest BCUT2D eigenvalue weighted by molar-refractivity contribution is 7.81. The maximum absolute atomic E-state index is 11.5. The fraction of sp³-hybridized carbons (Fsp3) is 0.857. The van der Waals surface area contributed by atoms with E-state index in [-0.39, 0.29) is 11.9 Å². The molecule has 0 aliphatic carbocycles. The average molecular weight is 206 g/mol. The van der Waals surface area contributed by atoms with Crippen molar-refractivity contribution in [3.05, 3.63) is 0 Å². The highest BCUT2D eigenvalue weighted by atomic mass is 32.1. The molecule has 1 aliphatic rings. The van der Waals surface area contributed by atoms with Crippen LogP contribution in [0.5, 0.6) is 0 Å². The van der Waals surface area contributed by atoms with Gasteiger partial charge in [-0.2, -0.15) is 12.6 Å². The zero-order valence-electron chi connectivity index (χ0n) is 7.40. The van der Waals surface area contributed by atoms with Gasteiger partial charge < -0.3 is 4.90 Å². The molecule has 0 N–H and O–H groups in total. The third-order valence-corrected chi connectivity index (χ3v) is 2.99. The van der Waals surface area contributed by atoms with Gasteiger partial charge in [0.1, 0.15) is 0 Å². The van der Waals surface area contributed by atoms with Crippen molar-refractivity contribution >= 4 is 27.9 Å². The van der Waals surface area contributed by atoms with Crippen molar-refractivity contribution in [2.45, 2.75) is 17.7 Å². The summed E-state index contributed by atoms with van der Waals surface area (Å²) >= 11 is 4.35. The first-order valence-corrected chi connectivity index (χ1v) is 4.96. The van der Waals surface area contributed by atoms with Crippen molar-refractivity contribution in [2.24, 2.45) is 0 Å². The molecule has 0 aromatic carbocycles. The van der Waals surface area contributed by atoms with E-state index in [2.05, 4.69) is 22.0 Å². The van der Waals surface area contributed by atoms with Crippen LogP contribution in [0.2, 0.25) is 0 Å². The number of amides is 1. The molecule has 0 spiro atoms. The fourth-order valence-electron chi connectivity index (χ4n) is 1.38. The van der Waals surface area contributed by atoms with Crippen LogP contribution < -0.4 is 0 Å². The third-order valence-electron chi connectivity index (χ3n) is 2.04. The van der Waals surface area contributed by atoms with Gasteiger partial charge in [-0.3, -0.25) is 9.46 Å². The lowest BCUT2D eigenvalue weighted by Crippen LogP contribution is -2.38. The summed E-state index contributed by atoms with van der Waals surface area (Å²) in [5.41, 5.74) is 0. The first-order valence-electron chi connectivity index (χ1n) is 3.93. The molecule has 1 unspecified atom stereocenters. The van der Waals surface area contributed by atoms with Crippen LogP contribution in [0.3, 0.4) is 0 Å². The summed E-state index contributed by atoms with van der Waals surface area (Å²) in [6, 6.07) is 0.00694. The van der Waals surface area contributed by atoms with E-state index in [0.29, 0.717) is 5.25 Å². The Kier molecular flexibility index (Phi) is 3.38. The Hall–Kier alpha value is 0.210. The number of likely N-dealkylation sites (N-methyl/N-ethyl adjacent to an activating group) is 1. The summed E-state index contributed by atoms with van der Waals surface area (Å²) in [7, 11) is 6.16. The van der Waals surface area contributed by atoms with Gasteiger partial charge >= 0.3 is 0 Å². The Morgan fingerprint density at radius 3 is 2.58 bits per heavy atom. The summed E-state index contributed by atoms with van der Waals surface area (Å²) in [4.78, 5) is 13.2. The summed E-state index contributed by atoms with van der Waals surface area (Å²) < 4.78 is 1.99. The number of carbonyl (C=O) groups excluding carboxylic acids is 1. The minimum Gasteiger partial charge on any atom is -0.347 e. The quantitative estimate of drug-likeness (QED) is 0.490. The largest absolute Gasteiger partial charge is 0.347 e. The Morgan fingerprint density at radius 1 is 1.67 bits per heavy atom. The predicted molar refractivity (Wildman–Crippen MR) is 56.3 cm³/mol. The van der Waals surface area contributed by atoms with Gasteiger partial charge in [-0.25, -0.2) is 0 Å². The summed E-state index contributed by atoms with van der Waals surface area (Å²) in [6.07, 6.45) is 0.851. The summed E-state index contributed by atoms with van der Waals surface area (Å²) in [5.74, 6) is 0.168. The molecule has 5 heteroatoms. The molecule has 0 radical (unpaired) electrons.